The summed E-state index contributed by atoms with van der Waals surface area (Å²) in [7, 11) is 0. The van der Waals surface area contributed by atoms with Gasteiger partial charge in [-0.15, -0.1) is 0 Å². The highest BCUT2D eigenvalue weighted by Gasteiger charge is 2.33. The van der Waals surface area contributed by atoms with Gasteiger partial charge in [-0.1, -0.05) is 20.3 Å². The Morgan fingerprint density at radius 1 is 1.31 bits per heavy atom. The molecule has 0 bridgehead atoms. The summed E-state index contributed by atoms with van der Waals surface area (Å²) in [5.74, 6) is 1.57. The van der Waals surface area contributed by atoms with E-state index in [0.717, 1.165) is 42.6 Å². The number of rotatable bonds is 4. The number of hydrazone groups is 1. The normalized spacial score (nSPS) is 23.5. The van der Waals surface area contributed by atoms with Crippen LogP contribution in [0.2, 0.25) is 0 Å². The molecule has 1 aromatic rings. The summed E-state index contributed by atoms with van der Waals surface area (Å²) >= 11 is 0. The lowest BCUT2D eigenvalue weighted by Gasteiger charge is -2.38. The van der Waals surface area contributed by atoms with Gasteiger partial charge in [0.1, 0.15) is 5.76 Å². The van der Waals surface area contributed by atoms with E-state index in [1.807, 2.05) is 26.0 Å². The number of carbonyl (C=O) groups is 1. The van der Waals surface area contributed by atoms with Crippen molar-refractivity contribution in [3.05, 3.63) is 35.7 Å². The SMILES string of the molecule is CC1(C)CC(c2ccc(OC3=CCN(C4CCC4)CC3)nc2)=NNC1=O. The van der Waals surface area contributed by atoms with E-state index in [2.05, 4.69) is 26.5 Å². The number of carbonyl (C=O) groups excluding carboxylic acids is 1. The molecule has 1 aromatic heterocycles. The Labute approximate surface area is 154 Å². The Kier molecular flexibility index (Phi) is 4.53. The minimum Gasteiger partial charge on any atom is -0.444 e. The van der Waals surface area contributed by atoms with Gasteiger partial charge in [0.2, 0.25) is 11.8 Å². The Balaban J connectivity index is 1.38. The molecule has 1 saturated carbocycles. The molecule has 1 fully saturated rings. The molecule has 1 N–H and O–H groups in total. The smallest absolute Gasteiger partial charge is 0.246 e. The van der Waals surface area contributed by atoms with Crippen molar-refractivity contribution in [3.8, 4) is 5.88 Å². The number of hydrogen-bond donors (Lipinski definition) is 1. The summed E-state index contributed by atoms with van der Waals surface area (Å²) in [6, 6.07) is 4.62. The average Bonchev–Trinajstić information content (AvgIpc) is 2.58. The molecule has 0 aromatic carbocycles. The molecular weight excluding hydrogens is 328 g/mol. The molecule has 1 aliphatic carbocycles. The lowest BCUT2D eigenvalue weighted by atomic mass is 9.83. The van der Waals surface area contributed by atoms with Crippen LogP contribution < -0.4 is 10.2 Å². The molecule has 0 spiro atoms. The van der Waals surface area contributed by atoms with Crippen LogP contribution in [0.15, 0.2) is 35.3 Å². The average molecular weight is 354 g/mol. The fourth-order valence-corrected chi connectivity index (χ4v) is 3.56. The second-order valence-corrected chi connectivity index (χ2v) is 8.05. The van der Waals surface area contributed by atoms with Crippen LogP contribution in [0.1, 0.15) is 51.5 Å². The van der Waals surface area contributed by atoms with Gasteiger partial charge in [0.05, 0.1) is 11.1 Å². The van der Waals surface area contributed by atoms with Gasteiger partial charge in [-0.25, -0.2) is 10.4 Å². The van der Waals surface area contributed by atoms with Gasteiger partial charge in [0.15, 0.2) is 0 Å². The molecular formula is C20H26N4O2. The van der Waals surface area contributed by atoms with Crippen molar-refractivity contribution in [3.63, 3.8) is 0 Å². The maximum absolute atomic E-state index is 11.8. The third kappa shape index (κ3) is 3.51. The second kappa shape index (κ2) is 6.83. The molecule has 3 heterocycles. The van der Waals surface area contributed by atoms with Crippen molar-refractivity contribution in [2.75, 3.05) is 13.1 Å². The number of nitrogens with zero attached hydrogens (tertiary/aromatic N) is 3. The summed E-state index contributed by atoms with van der Waals surface area (Å²) in [4.78, 5) is 18.8. The van der Waals surface area contributed by atoms with Crippen LogP contribution in [0.4, 0.5) is 0 Å². The van der Waals surface area contributed by atoms with Gasteiger partial charge in [-0.2, -0.15) is 5.10 Å². The minimum absolute atomic E-state index is 0.0469. The van der Waals surface area contributed by atoms with Gasteiger partial charge in [0.25, 0.3) is 0 Å². The third-order valence-corrected chi connectivity index (χ3v) is 5.61. The zero-order chi connectivity index (χ0) is 18.1. The van der Waals surface area contributed by atoms with Gasteiger partial charge < -0.3 is 4.74 Å². The predicted molar refractivity (Wildman–Crippen MR) is 99.9 cm³/mol. The second-order valence-electron chi connectivity index (χ2n) is 8.05. The number of nitrogens with one attached hydrogen (secondary N) is 1. The zero-order valence-electron chi connectivity index (χ0n) is 15.5. The summed E-state index contributed by atoms with van der Waals surface area (Å²) < 4.78 is 5.95. The molecule has 2 aliphatic heterocycles. The molecule has 1 amide bonds. The zero-order valence-corrected chi connectivity index (χ0v) is 15.5. The molecule has 0 unspecified atom stereocenters. The van der Waals surface area contributed by atoms with Crippen LogP contribution in [-0.4, -0.2) is 40.6 Å². The van der Waals surface area contributed by atoms with Crippen LogP contribution >= 0.6 is 0 Å². The summed E-state index contributed by atoms with van der Waals surface area (Å²) in [6.07, 6.45) is 9.54. The highest BCUT2D eigenvalue weighted by atomic mass is 16.5. The Morgan fingerprint density at radius 2 is 2.15 bits per heavy atom. The third-order valence-electron chi connectivity index (χ3n) is 5.61. The number of hydrogen-bond acceptors (Lipinski definition) is 5. The first-order chi connectivity index (χ1) is 12.5. The fraction of sp³-hybridized carbons (Fsp3) is 0.550. The van der Waals surface area contributed by atoms with E-state index in [1.54, 1.807) is 6.20 Å². The lowest BCUT2D eigenvalue weighted by molar-refractivity contribution is -0.129. The van der Waals surface area contributed by atoms with E-state index < -0.39 is 5.41 Å². The van der Waals surface area contributed by atoms with Crippen molar-refractivity contribution in [1.82, 2.24) is 15.3 Å². The van der Waals surface area contributed by atoms with Crippen LogP contribution in [-0.2, 0) is 4.79 Å². The molecule has 0 atom stereocenters. The predicted octanol–water partition coefficient (Wildman–Crippen LogP) is 2.85. The number of aromatic nitrogens is 1. The van der Waals surface area contributed by atoms with Crippen LogP contribution in [0.5, 0.6) is 5.88 Å². The largest absolute Gasteiger partial charge is 0.444 e. The Hall–Kier alpha value is -2.21. The molecule has 0 saturated heterocycles. The van der Waals surface area contributed by atoms with E-state index in [1.165, 1.54) is 19.3 Å². The highest BCUT2D eigenvalue weighted by molar-refractivity contribution is 6.05. The molecule has 0 radical (unpaired) electrons. The van der Waals surface area contributed by atoms with Crippen LogP contribution in [0.25, 0.3) is 0 Å². The van der Waals surface area contributed by atoms with Crippen molar-refractivity contribution in [1.29, 1.82) is 0 Å². The summed E-state index contributed by atoms with van der Waals surface area (Å²) in [6.45, 7) is 5.89. The Morgan fingerprint density at radius 3 is 2.73 bits per heavy atom. The molecule has 3 aliphatic rings. The molecule has 138 valence electrons. The molecule has 26 heavy (non-hydrogen) atoms. The maximum atomic E-state index is 11.8. The van der Waals surface area contributed by atoms with E-state index in [0.29, 0.717) is 12.3 Å². The van der Waals surface area contributed by atoms with Crippen LogP contribution in [0, 0.1) is 5.41 Å². The van der Waals surface area contributed by atoms with Crippen molar-refractivity contribution >= 4 is 11.6 Å². The van der Waals surface area contributed by atoms with Gasteiger partial charge in [0, 0.05) is 49.8 Å². The monoisotopic (exact) mass is 354 g/mol. The van der Waals surface area contributed by atoms with Crippen molar-refractivity contribution in [2.24, 2.45) is 10.5 Å². The van der Waals surface area contributed by atoms with E-state index >= 15 is 0 Å². The van der Waals surface area contributed by atoms with E-state index in [-0.39, 0.29) is 5.91 Å². The van der Waals surface area contributed by atoms with Crippen molar-refractivity contribution in [2.45, 2.75) is 52.0 Å². The summed E-state index contributed by atoms with van der Waals surface area (Å²) in [5.41, 5.74) is 3.91. The van der Waals surface area contributed by atoms with E-state index in [9.17, 15) is 4.79 Å². The first kappa shape index (κ1) is 17.2. The topological polar surface area (TPSA) is 66.8 Å². The number of ether oxygens (including phenoxy) is 1. The van der Waals surface area contributed by atoms with Gasteiger partial charge in [-0.05, 0) is 25.0 Å². The maximum Gasteiger partial charge on any atom is 0.246 e. The molecule has 4 rings (SSSR count). The first-order valence-electron chi connectivity index (χ1n) is 9.46. The molecule has 6 heteroatoms. The highest BCUT2D eigenvalue weighted by Crippen LogP contribution is 2.28. The fourth-order valence-electron chi connectivity index (χ4n) is 3.56. The van der Waals surface area contributed by atoms with Crippen LogP contribution in [0.3, 0.4) is 0 Å². The first-order valence-corrected chi connectivity index (χ1v) is 9.46. The Bertz CT molecular complexity index is 748. The molecule has 6 nitrogen and oxygen atoms in total. The van der Waals surface area contributed by atoms with Gasteiger partial charge in [-0.3, -0.25) is 9.69 Å². The van der Waals surface area contributed by atoms with Crippen molar-refractivity contribution < 1.29 is 9.53 Å². The standard InChI is InChI=1S/C20H26N4O2/c1-20(2)12-17(22-23-19(20)25)14-6-7-18(21-13-14)26-16-8-10-24(11-9-16)15-4-3-5-15/h6-8,13,15H,3-5,9-12H2,1-2H3,(H,23,25). The lowest BCUT2D eigenvalue weighted by Crippen LogP contribution is -2.42. The number of pyridine rings is 1. The quantitative estimate of drug-likeness (QED) is 0.903. The summed E-state index contributed by atoms with van der Waals surface area (Å²) in [5, 5.41) is 4.18. The number of amides is 1. The van der Waals surface area contributed by atoms with E-state index in [4.69, 9.17) is 4.74 Å². The minimum atomic E-state index is -0.453. The van der Waals surface area contributed by atoms with Gasteiger partial charge >= 0.3 is 0 Å².